The van der Waals surface area contributed by atoms with Crippen LogP contribution in [0.1, 0.15) is 15.9 Å². The minimum absolute atomic E-state index is 0.223. The number of rotatable bonds is 8. The lowest BCUT2D eigenvalue weighted by molar-refractivity contribution is -0.123. The molecule has 1 N–H and O–H groups in total. The van der Waals surface area contributed by atoms with E-state index in [1.165, 1.54) is 37.6 Å². The molecule has 0 bridgehead atoms. The minimum Gasteiger partial charge on any atom is -0.493 e. The number of nitrogens with one attached hydrogen (secondary N) is 1. The van der Waals surface area contributed by atoms with Gasteiger partial charge in [0.15, 0.2) is 18.1 Å². The van der Waals surface area contributed by atoms with Crippen LogP contribution in [0.25, 0.3) is 0 Å². The van der Waals surface area contributed by atoms with E-state index >= 15 is 0 Å². The Hall–Kier alpha value is -3.91. The summed E-state index contributed by atoms with van der Waals surface area (Å²) in [4.78, 5) is 24.1. The van der Waals surface area contributed by atoms with Crippen LogP contribution in [-0.4, -0.2) is 31.8 Å². The van der Waals surface area contributed by atoms with E-state index in [9.17, 15) is 14.0 Å². The highest BCUT2D eigenvalue weighted by Crippen LogP contribution is 2.28. The maximum Gasteiger partial charge on any atom is 0.343 e. The number of carbonyl (C=O) groups excluding carboxylic acids is 2. The Bertz CT molecular complexity index is 1120. The van der Waals surface area contributed by atoms with Crippen molar-refractivity contribution in [3.63, 3.8) is 0 Å². The third-order valence-corrected chi connectivity index (χ3v) is 4.31. The zero-order valence-corrected chi connectivity index (χ0v) is 17.6. The summed E-state index contributed by atoms with van der Waals surface area (Å²) in [6, 6.07) is 16.4. The molecule has 0 spiro atoms. The standard InChI is InChI=1S/C23H18ClFN2O5/c1-30-21-12-15(2-11-20(21)32-23(29)16-3-5-17(24)6-4-16)13-26-27-22(28)14-31-19-9-7-18(25)8-10-19/h2-13H,14H2,1H3,(H,27,28)/b26-13+. The molecule has 9 heteroatoms. The van der Waals surface area contributed by atoms with E-state index in [0.29, 0.717) is 27.6 Å². The van der Waals surface area contributed by atoms with Crippen molar-refractivity contribution in [3.05, 3.63) is 88.7 Å². The van der Waals surface area contributed by atoms with E-state index in [4.69, 9.17) is 25.8 Å². The fourth-order valence-corrected chi connectivity index (χ4v) is 2.61. The molecule has 0 heterocycles. The number of hydrazone groups is 1. The molecule has 0 atom stereocenters. The number of nitrogens with zero attached hydrogens (tertiary/aromatic N) is 1. The van der Waals surface area contributed by atoms with E-state index in [2.05, 4.69) is 10.5 Å². The smallest absolute Gasteiger partial charge is 0.343 e. The zero-order chi connectivity index (χ0) is 22.9. The molecule has 0 fully saturated rings. The first-order valence-electron chi connectivity index (χ1n) is 9.30. The van der Waals surface area contributed by atoms with Crippen molar-refractivity contribution < 1.29 is 28.2 Å². The molecule has 0 radical (unpaired) electrons. The predicted molar refractivity (Wildman–Crippen MR) is 117 cm³/mol. The highest BCUT2D eigenvalue weighted by molar-refractivity contribution is 6.30. The lowest BCUT2D eigenvalue weighted by atomic mass is 10.2. The SMILES string of the molecule is COc1cc(/C=N/NC(=O)COc2ccc(F)cc2)ccc1OC(=O)c1ccc(Cl)cc1. The number of ether oxygens (including phenoxy) is 3. The lowest BCUT2D eigenvalue weighted by Gasteiger charge is -2.10. The summed E-state index contributed by atoms with van der Waals surface area (Å²) in [6.45, 7) is -0.286. The first kappa shape index (κ1) is 22.8. The fraction of sp³-hybridized carbons (Fsp3) is 0.0870. The highest BCUT2D eigenvalue weighted by Gasteiger charge is 2.13. The van der Waals surface area contributed by atoms with E-state index in [-0.39, 0.29) is 12.4 Å². The molecule has 3 aromatic rings. The van der Waals surface area contributed by atoms with Crippen molar-refractivity contribution in [2.45, 2.75) is 0 Å². The first-order chi connectivity index (χ1) is 15.4. The molecule has 0 aliphatic carbocycles. The highest BCUT2D eigenvalue weighted by atomic mass is 35.5. The predicted octanol–water partition coefficient (Wildman–Crippen LogP) is 4.24. The third-order valence-electron chi connectivity index (χ3n) is 4.06. The molecule has 0 aromatic heterocycles. The Morgan fingerprint density at radius 2 is 1.75 bits per heavy atom. The Morgan fingerprint density at radius 3 is 2.44 bits per heavy atom. The van der Waals surface area contributed by atoms with Gasteiger partial charge < -0.3 is 14.2 Å². The van der Waals surface area contributed by atoms with Gasteiger partial charge in [-0.2, -0.15) is 5.10 Å². The van der Waals surface area contributed by atoms with Gasteiger partial charge in [-0.15, -0.1) is 0 Å². The number of halogens is 2. The number of hydrogen-bond acceptors (Lipinski definition) is 6. The molecule has 0 aliphatic rings. The summed E-state index contributed by atoms with van der Waals surface area (Å²) in [6.07, 6.45) is 1.39. The average molecular weight is 457 g/mol. The summed E-state index contributed by atoms with van der Waals surface area (Å²) in [5.74, 6) is -0.559. The van der Waals surface area contributed by atoms with Crippen LogP contribution >= 0.6 is 11.6 Å². The largest absolute Gasteiger partial charge is 0.493 e. The van der Waals surface area contributed by atoms with Crippen LogP contribution in [0.5, 0.6) is 17.2 Å². The van der Waals surface area contributed by atoms with Crippen molar-refractivity contribution >= 4 is 29.7 Å². The number of esters is 1. The van der Waals surface area contributed by atoms with Gasteiger partial charge in [0.05, 0.1) is 18.9 Å². The van der Waals surface area contributed by atoms with Crippen LogP contribution in [0.4, 0.5) is 4.39 Å². The maximum atomic E-state index is 12.9. The van der Waals surface area contributed by atoms with Crippen LogP contribution < -0.4 is 19.6 Å². The van der Waals surface area contributed by atoms with Gasteiger partial charge >= 0.3 is 5.97 Å². The normalized spacial score (nSPS) is 10.6. The number of hydrogen-bond donors (Lipinski definition) is 1. The summed E-state index contributed by atoms with van der Waals surface area (Å²) >= 11 is 5.82. The second kappa shape index (κ2) is 10.9. The Labute approximate surface area is 188 Å². The number of carbonyl (C=O) groups is 2. The van der Waals surface area contributed by atoms with Gasteiger partial charge in [-0.05, 0) is 72.3 Å². The van der Waals surface area contributed by atoms with Crippen molar-refractivity contribution in [1.82, 2.24) is 5.43 Å². The number of benzene rings is 3. The Kier molecular flexibility index (Phi) is 7.77. The van der Waals surface area contributed by atoms with Crippen LogP contribution in [0.3, 0.4) is 0 Å². The van der Waals surface area contributed by atoms with Crippen molar-refractivity contribution in [2.75, 3.05) is 13.7 Å². The van der Waals surface area contributed by atoms with Crippen molar-refractivity contribution in [1.29, 1.82) is 0 Å². The van der Waals surface area contributed by atoms with Gasteiger partial charge in [0, 0.05) is 5.02 Å². The molecular formula is C23H18ClFN2O5. The monoisotopic (exact) mass is 456 g/mol. The third kappa shape index (κ3) is 6.55. The van der Waals surface area contributed by atoms with Crippen molar-refractivity contribution in [3.8, 4) is 17.2 Å². The molecule has 7 nitrogen and oxygen atoms in total. The first-order valence-corrected chi connectivity index (χ1v) is 9.68. The van der Waals surface area contributed by atoms with Gasteiger partial charge in [-0.3, -0.25) is 4.79 Å². The van der Waals surface area contributed by atoms with Crippen LogP contribution in [-0.2, 0) is 4.79 Å². The summed E-state index contributed by atoms with van der Waals surface area (Å²) in [5, 5.41) is 4.36. The van der Waals surface area contributed by atoms with E-state index in [1.54, 1.807) is 42.5 Å². The molecule has 32 heavy (non-hydrogen) atoms. The molecule has 164 valence electrons. The summed E-state index contributed by atoms with van der Waals surface area (Å²) in [7, 11) is 1.43. The topological polar surface area (TPSA) is 86.2 Å². The summed E-state index contributed by atoms with van der Waals surface area (Å²) in [5.41, 5.74) is 3.25. The molecule has 0 unspecified atom stereocenters. The minimum atomic E-state index is -0.560. The second-order valence-corrected chi connectivity index (χ2v) is 6.78. The zero-order valence-electron chi connectivity index (χ0n) is 16.9. The molecule has 0 saturated carbocycles. The molecule has 0 saturated heterocycles. The quantitative estimate of drug-likeness (QED) is 0.237. The van der Waals surface area contributed by atoms with Gasteiger partial charge in [0.2, 0.25) is 0 Å². The lowest BCUT2D eigenvalue weighted by Crippen LogP contribution is -2.24. The Morgan fingerprint density at radius 1 is 1.03 bits per heavy atom. The Balaban J connectivity index is 1.55. The molecule has 3 aromatic carbocycles. The van der Waals surface area contributed by atoms with E-state index in [1.807, 2.05) is 0 Å². The number of methoxy groups -OCH3 is 1. The van der Waals surface area contributed by atoms with Crippen LogP contribution in [0.15, 0.2) is 71.8 Å². The molecular weight excluding hydrogens is 439 g/mol. The van der Waals surface area contributed by atoms with Gasteiger partial charge in [0.1, 0.15) is 11.6 Å². The van der Waals surface area contributed by atoms with Crippen LogP contribution in [0.2, 0.25) is 5.02 Å². The van der Waals surface area contributed by atoms with Gasteiger partial charge in [-0.1, -0.05) is 11.6 Å². The maximum absolute atomic E-state index is 12.9. The van der Waals surface area contributed by atoms with E-state index < -0.39 is 17.7 Å². The molecule has 0 aliphatic heterocycles. The van der Waals surface area contributed by atoms with Gasteiger partial charge in [0.25, 0.3) is 5.91 Å². The fourth-order valence-electron chi connectivity index (χ4n) is 2.48. The van der Waals surface area contributed by atoms with Gasteiger partial charge in [-0.25, -0.2) is 14.6 Å². The molecule has 3 rings (SSSR count). The second-order valence-electron chi connectivity index (χ2n) is 6.34. The van der Waals surface area contributed by atoms with E-state index in [0.717, 1.165) is 0 Å². The van der Waals surface area contributed by atoms with Crippen LogP contribution in [0, 0.1) is 5.82 Å². The summed E-state index contributed by atoms with van der Waals surface area (Å²) < 4.78 is 28.7. The number of amides is 1. The molecule has 1 amide bonds. The van der Waals surface area contributed by atoms with Crippen molar-refractivity contribution in [2.24, 2.45) is 5.10 Å². The average Bonchev–Trinajstić information content (AvgIpc) is 2.80.